The van der Waals surface area contributed by atoms with E-state index in [2.05, 4.69) is 20.4 Å². The molecule has 11 heteroatoms. The van der Waals surface area contributed by atoms with Crippen molar-refractivity contribution in [2.75, 3.05) is 11.6 Å². The van der Waals surface area contributed by atoms with Crippen molar-refractivity contribution in [1.82, 2.24) is 19.6 Å². The summed E-state index contributed by atoms with van der Waals surface area (Å²) in [7, 11) is -3.63. The van der Waals surface area contributed by atoms with E-state index in [1.807, 2.05) is 13.8 Å². The molecule has 0 saturated heterocycles. The van der Waals surface area contributed by atoms with E-state index in [0.29, 0.717) is 11.2 Å². The number of aromatic nitrogens is 4. The maximum absolute atomic E-state index is 12.0. The first kappa shape index (κ1) is 18.7. The van der Waals surface area contributed by atoms with Gasteiger partial charge in [0, 0.05) is 30.5 Å². The second kappa shape index (κ2) is 6.91. The smallest absolute Gasteiger partial charge is 0.269 e. The van der Waals surface area contributed by atoms with Gasteiger partial charge in [-0.1, -0.05) is 26.0 Å². The van der Waals surface area contributed by atoms with E-state index in [1.165, 1.54) is 16.6 Å². The minimum absolute atomic E-state index is 0.0276. The van der Waals surface area contributed by atoms with E-state index in [1.54, 1.807) is 18.3 Å². The maximum Gasteiger partial charge on any atom is 0.269 e. The topological polar surface area (TPSA) is 132 Å². The summed E-state index contributed by atoms with van der Waals surface area (Å²) >= 11 is 0. The number of fused-ring (bicyclic) bond motifs is 1. The minimum Gasteiger partial charge on any atom is -0.350 e. The Labute approximate surface area is 155 Å². The van der Waals surface area contributed by atoms with Crippen molar-refractivity contribution in [2.45, 2.75) is 31.5 Å². The van der Waals surface area contributed by atoms with Crippen molar-refractivity contribution in [2.24, 2.45) is 0 Å². The van der Waals surface area contributed by atoms with Gasteiger partial charge < -0.3 is 5.32 Å². The van der Waals surface area contributed by atoms with E-state index in [4.69, 9.17) is 0 Å². The van der Waals surface area contributed by atoms with Crippen LogP contribution in [0.25, 0.3) is 5.65 Å². The predicted molar refractivity (Wildman–Crippen MR) is 98.4 cm³/mol. The van der Waals surface area contributed by atoms with Crippen LogP contribution in [0.2, 0.25) is 0 Å². The van der Waals surface area contributed by atoms with Crippen molar-refractivity contribution < 1.29 is 13.3 Å². The predicted octanol–water partition coefficient (Wildman–Crippen LogP) is 2.17. The van der Waals surface area contributed by atoms with E-state index in [0.717, 1.165) is 11.8 Å². The molecule has 0 aliphatic carbocycles. The summed E-state index contributed by atoms with van der Waals surface area (Å²) in [5.41, 5.74) is 1.82. The van der Waals surface area contributed by atoms with Gasteiger partial charge in [0.05, 0.1) is 11.1 Å². The molecule has 0 atom stereocenters. The van der Waals surface area contributed by atoms with Crippen LogP contribution in [0, 0.1) is 10.1 Å². The number of nitro groups is 1. The van der Waals surface area contributed by atoms with Gasteiger partial charge in [0.15, 0.2) is 5.65 Å². The molecule has 0 amide bonds. The molecule has 0 unspecified atom stereocenters. The zero-order valence-electron chi connectivity index (χ0n) is 14.9. The lowest BCUT2D eigenvalue weighted by Gasteiger charge is -2.10. The highest BCUT2D eigenvalue weighted by molar-refractivity contribution is 7.90. The second-order valence-electron chi connectivity index (χ2n) is 6.37. The van der Waals surface area contributed by atoms with E-state index in [9.17, 15) is 18.5 Å². The first-order valence-electron chi connectivity index (χ1n) is 8.09. The number of rotatable bonds is 6. The lowest BCUT2D eigenvalue weighted by Crippen LogP contribution is -2.13. The van der Waals surface area contributed by atoms with Crippen LogP contribution < -0.4 is 5.32 Å². The van der Waals surface area contributed by atoms with Gasteiger partial charge in [-0.05, 0) is 11.5 Å². The number of non-ortho nitro benzene ring substituents is 1. The summed E-state index contributed by atoms with van der Waals surface area (Å²) < 4.78 is 25.4. The Bertz CT molecular complexity index is 1120. The summed E-state index contributed by atoms with van der Waals surface area (Å²) in [6.07, 6.45) is 2.66. The number of hydrogen-bond donors (Lipinski definition) is 1. The summed E-state index contributed by atoms with van der Waals surface area (Å²) in [5.74, 6) is 0.285. The molecule has 2 heterocycles. The standard InChI is InChI=1S/C16H18N6O4S/c1-10(2)13-9-18-21-14(13)19-16(27(3,25)26)20-15(21)17-8-11-5-4-6-12(7-11)22(23)24/h4-7,9-10H,8H2,1-3H3,(H,17,19,20). The fraction of sp³-hybridized carbons (Fsp3) is 0.312. The highest BCUT2D eigenvalue weighted by Crippen LogP contribution is 2.22. The largest absolute Gasteiger partial charge is 0.350 e. The van der Waals surface area contributed by atoms with Crippen molar-refractivity contribution in [3.05, 3.63) is 51.7 Å². The van der Waals surface area contributed by atoms with Crippen molar-refractivity contribution in [1.29, 1.82) is 0 Å². The first-order chi connectivity index (χ1) is 12.7. The second-order valence-corrected chi connectivity index (χ2v) is 8.28. The third-order valence-electron chi connectivity index (χ3n) is 3.90. The molecule has 0 aliphatic heterocycles. The summed E-state index contributed by atoms with van der Waals surface area (Å²) in [4.78, 5) is 18.7. The van der Waals surface area contributed by atoms with Gasteiger partial charge in [0.2, 0.25) is 15.8 Å². The molecule has 2 aromatic heterocycles. The molecule has 1 N–H and O–H groups in total. The van der Waals surface area contributed by atoms with Gasteiger partial charge in [-0.15, -0.1) is 0 Å². The molecule has 3 rings (SSSR count). The minimum atomic E-state index is -3.63. The third-order valence-corrected chi connectivity index (χ3v) is 4.75. The summed E-state index contributed by atoms with van der Waals surface area (Å²) in [5, 5.41) is 17.8. The van der Waals surface area contributed by atoms with Crippen LogP contribution in [0.15, 0.2) is 35.6 Å². The van der Waals surface area contributed by atoms with Gasteiger partial charge >= 0.3 is 0 Å². The molecule has 0 bridgehead atoms. The molecule has 0 aliphatic rings. The van der Waals surface area contributed by atoms with Gasteiger partial charge in [0.25, 0.3) is 10.8 Å². The van der Waals surface area contributed by atoms with Crippen LogP contribution in [-0.4, -0.2) is 39.2 Å². The van der Waals surface area contributed by atoms with Crippen LogP contribution in [-0.2, 0) is 16.4 Å². The molecule has 10 nitrogen and oxygen atoms in total. The molecule has 1 aromatic carbocycles. The van der Waals surface area contributed by atoms with Crippen LogP contribution in [0.4, 0.5) is 11.6 Å². The number of anilines is 1. The Balaban J connectivity index is 2.03. The highest BCUT2D eigenvalue weighted by Gasteiger charge is 2.20. The number of nitrogens with one attached hydrogen (secondary N) is 1. The lowest BCUT2D eigenvalue weighted by atomic mass is 10.1. The van der Waals surface area contributed by atoms with Crippen molar-refractivity contribution >= 4 is 27.1 Å². The van der Waals surface area contributed by atoms with E-state index >= 15 is 0 Å². The van der Waals surface area contributed by atoms with Crippen LogP contribution >= 0.6 is 0 Å². The first-order valence-corrected chi connectivity index (χ1v) is 9.99. The molecule has 0 fully saturated rings. The van der Waals surface area contributed by atoms with Crippen LogP contribution in [0.5, 0.6) is 0 Å². The molecule has 0 spiro atoms. The maximum atomic E-state index is 12.0. The Kier molecular flexibility index (Phi) is 4.79. The van der Waals surface area contributed by atoms with Gasteiger partial charge in [-0.25, -0.2) is 8.42 Å². The average molecular weight is 390 g/mol. The number of benzene rings is 1. The summed E-state index contributed by atoms with van der Waals surface area (Å²) in [6, 6.07) is 6.14. The Hall–Kier alpha value is -3.08. The number of hydrogen-bond acceptors (Lipinski definition) is 8. The molecule has 142 valence electrons. The van der Waals surface area contributed by atoms with Crippen LogP contribution in [0.3, 0.4) is 0 Å². The Morgan fingerprint density at radius 1 is 1.30 bits per heavy atom. The number of nitro benzene ring substituents is 1. The Morgan fingerprint density at radius 3 is 2.67 bits per heavy atom. The lowest BCUT2D eigenvalue weighted by molar-refractivity contribution is -0.384. The highest BCUT2D eigenvalue weighted by atomic mass is 32.2. The van der Waals surface area contributed by atoms with E-state index in [-0.39, 0.29) is 29.3 Å². The molecule has 27 heavy (non-hydrogen) atoms. The van der Waals surface area contributed by atoms with Crippen molar-refractivity contribution in [3.8, 4) is 0 Å². The van der Waals surface area contributed by atoms with Crippen LogP contribution in [0.1, 0.15) is 30.9 Å². The number of nitrogens with zero attached hydrogens (tertiary/aromatic N) is 5. The number of sulfone groups is 1. The normalized spacial score (nSPS) is 11.9. The zero-order chi connectivity index (χ0) is 19.8. The molecule has 0 radical (unpaired) electrons. The van der Waals surface area contributed by atoms with E-state index < -0.39 is 14.8 Å². The molecular weight excluding hydrogens is 372 g/mol. The van der Waals surface area contributed by atoms with Gasteiger partial charge in [-0.2, -0.15) is 19.6 Å². The fourth-order valence-corrected chi connectivity index (χ4v) is 3.03. The van der Waals surface area contributed by atoms with Crippen molar-refractivity contribution in [3.63, 3.8) is 0 Å². The average Bonchev–Trinajstić information content (AvgIpc) is 3.03. The molecule has 0 saturated carbocycles. The van der Waals surface area contributed by atoms with Gasteiger partial charge in [0.1, 0.15) is 0 Å². The zero-order valence-corrected chi connectivity index (χ0v) is 15.8. The fourth-order valence-electron chi connectivity index (χ4n) is 2.52. The van der Waals surface area contributed by atoms with Gasteiger partial charge in [-0.3, -0.25) is 10.1 Å². The molecular formula is C16H18N6O4S. The third kappa shape index (κ3) is 3.87. The monoisotopic (exact) mass is 390 g/mol. The summed E-state index contributed by atoms with van der Waals surface area (Å²) in [6.45, 7) is 4.11. The molecule has 3 aromatic rings. The quantitative estimate of drug-likeness (QED) is 0.500. The SMILES string of the molecule is CC(C)c1cnn2c(NCc3cccc([N+](=O)[O-])c3)nc(S(C)(=O)=O)nc12. The Morgan fingerprint density at radius 2 is 2.04 bits per heavy atom.